The van der Waals surface area contributed by atoms with E-state index in [1.807, 2.05) is 30.5 Å². The molecule has 7 nitrogen and oxygen atoms in total. The number of amides is 1. The van der Waals surface area contributed by atoms with Gasteiger partial charge in [0.2, 0.25) is 5.91 Å². The third-order valence-electron chi connectivity index (χ3n) is 5.13. The monoisotopic (exact) mass is 482 g/mol. The summed E-state index contributed by atoms with van der Waals surface area (Å²) in [6.07, 6.45) is 1.15. The molecule has 1 aliphatic heterocycles. The first-order valence-electron chi connectivity index (χ1n) is 9.45. The van der Waals surface area contributed by atoms with Crippen molar-refractivity contribution in [2.24, 2.45) is 0 Å². The lowest BCUT2D eigenvalue weighted by molar-refractivity contribution is -0.132. The third-order valence-corrected chi connectivity index (χ3v) is 5.94. The van der Waals surface area contributed by atoms with E-state index in [1.54, 1.807) is 24.1 Å². The van der Waals surface area contributed by atoms with E-state index in [-0.39, 0.29) is 23.7 Å². The van der Waals surface area contributed by atoms with Gasteiger partial charge in [0.15, 0.2) is 10.4 Å². The Morgan fingerprint density at radius 1 is 1.34 bits per heavy atom. The van der Waals surface area contributed by atoms with Crippen LogP contribution in [0.25, 0.3) is 0 Å². The van der Waals surface area contributed by atoms with Gasteiger partial charge < -0.3 is 19.9 Å². The molecule has 2 atom stereocenters. The van der Waals surface area contributed by atoms with Gasteiger partial charge >= 0.3 is 5.97 Å². The van der Waals surface area contributed by atoms with Gasteiger partial charge in [0.05, 0.1) is 11.7 Å². The first-order valence-corrected chi connectivity index (χ1v) is 10.6. The Morgan fingerprint density at radius 3 is 2.55 bits per heavy atom. The smallest absolute Gasteiger partial charge is 0.356 e. The maximum Gasteiger partial charge on any atom is 0.356 e. The summed E-state index contributed by atoms with van der Waals surface area (Å²) in [7, 11) is 1.78. The molecule has 0 aliphatic carbocycles. The predicted octanol–water partition coefficient (Wildman–Crippen LogP) is 3.88. The van der Waals surface area contributed by atoms with Crippen LogP contribution in [0.2, 0.25) is 5.02 Å². The Morgan fingerprint density at radius 2 is 2.00 bits per heavy atom. The van der Waals surface area contributed by atoms with Crippen molar-refractivity contribution in [1.29, 1.82) is 0 Å². The molecule has 1 saturated heterocycles. The summed E-state index contributed by atoms with van der Waals surface area (Å²) in [5, 5.41) is 14.0. The van der Waals surface area contributed by atoms with Gasteiger partial charge in [-0.15, -0.1) is 0 Å². The summed E-state index contributed by atoms with van der Waals surface area (Å²) in [5.41, 5.74) is 1.45. The van der Waals surface area contributed by atoms with Crippen LogP contribution in [0, 0.1) is 0 Å². The van der Waals surface area contributed by atoms with Crippen molar-refractivity contribution >= 4 is 39.4 Å². The molecule has 0 bridgehead atoms. The van der Waals surface area contributed by atoms with E-state index in [0.717, 1.165) is 5.56 Å². The number of rotatable bonds is 6. The maximum absolute atomic E-state index is 12.0. The van der Waals surface area contributed by atoms with Crippen molar-refractivity contribution in [3.8, 4) is 0 Å². The molecule has 3 rings (SSSR count). The average Bonchev–Trinajstić information content (AvgIpc) is 3.01. The first-order chi connectivity index (χ1) is 13.7. The highest BCUT2D eigenvalue weighted by molar-refractivity contribution is 9.10. The zero-order valence-corrected chi connectivity index (χ0v) is 18.9. The minimum absolute atomic E-state index is 0.00161. The number of hydrogen-bond donors (Lipinski definition) is 2. The second-order valence-corrected chi connectivity index (χ2v) is 8.69. The van der Waals surface area contributed by atoms with E-state index < -0.39 is 12.0 Å². The molecule has 2 unspecified atom stereocenters. The van der Waals surface area contributed by atoms with E-state index in [4.69, 9.17) is 11.6 Å². The molecule has 156 valence electrons. The molecule has 2 N–H and O–H groups in total. The number of benzene rings is 1. The van der Waals surface area contributed by atoms with E-state index in [0.29, 0.717) is 34.8 Å². The van der Waals surface area contributed by atoms with Crippen LogP contribution in [-0.4, -0.2) is 51.1 Å². The fourth-order valence-corrected chi connectivity index (χ4v) is 4.62. The largest absolute Gasteiger partial charge is 0.476 e. The minimum atomic E-state index is -1.09. The highest BCUT2D eigenvalue weighted by Crippen LogP contribution is 2.33. The summed E-state index contributed by atoms with van der Waals surface area (Å²) < 4.78 is 2.35. The van der Waals surface area contributed by atoms with Crippen molar-refractivity contribution in [1.82, 2.24) is 19.8 Å². The number of nitrogens with one attached hydrogen (secondary N) is 1. The SMILES string of the molecule is CC(C)n1c(Br)nc(C(=O)O)c1C(NC1CCC(=O)N(C)C1)c1ccc(Cl)cc1. The Bertz CT molecular complexity index is 913. The van der Waals surface area contributed by atoms with Crippen molar-refractivity contribution in [3.63, 3.8) is 0 Å². The molecule has 1 amide bonds. The molecule has 1 fully saturated rings. The lowest BCUT2D eigenvalue weighted by atomic mass is 9.97. The molecule has 29 heavy (non-hydrogen) atoms. The van der Waals surface area contributed by atoms with Gasteiger partial charge in [-0.1, -0.05) is 23.7 Å². The van der Waals surface area contributed by atoms with Crippen LogP contribution in [0.5, 0.6) is 0 Å². The number of hydrogen-bond acceptors (Lipinski definition) is 4. The van der Waals surface area contributed by atoms with Crippen LogP contribution in [0.4, 0.5) is 0 Å². The van der Waals surface area contributed by atoms with Crippen molar-refractivity contribution < 1.29 is 14.7 Å². The van der Waals surface area contributed by atoms with Crippen LogP contribution < -0.4 is 5.32 Å². The molecule has 1 aromatic carbocycles. The lowest BCUT2D eigenvalue weighted by Crippen LogP contribution is -2.48. The number of likely N-dealkylation sites (N-methyl/N-ethyl adjacent to an activating group) is 1. The number of carbonyl (C=O) groups is 2. The number of carboxylic acids is 1. The fourth-order valence-electron chi connectivity index (χ4n) is 3.71. The van der Waals surface area contributed by atoms with Crippen LogP contribution in [0.3, 0.4) is 0 Å². The predicted molar refractivity (Wildman–Crippen MR) is 114 cm³/mol. The van der Waals surface area contributed by atoms with E-state index in [1.165, 1.54) is 0 Å². The Labute approximate surface area is 183 Å². The second kappa shape index (κ2) is 8.85. The number of imidazole rings is 1. The molecule has 0 radical (unpaired) electrons. The van der Waals surface area contributed by atoms with Crippen LogP contribution in [-0.2, 0) is 4.79 Å². The van der Waals surface area contributed by atoms with Crippen molar-refractivity contribution in [3.05, 3.63) is 51.0 Å². The van der Waals surface area contributed by atoms with Gasteiger partial charge in [-0.2, -0.15) is 0 Å². The molecular formula is C20H24BrClN4O3. The number of aromatic carboxylic acids is 1. The molecular weight excluding hydrogens is 460 g/mol. The van der Waals surface area contributed by atoms with Crippen LogP contribution in [0.15, 0.2) is 29.0 Å². The van der Waals surface area contributed by atoms with E-state index >= 15 is 0 Å². The summed E-state index contributed by atoms with van der Waals surface area (Å²) in [6, 6.07) is 6.93. The van der Waals surface area contributed by atoms with Gasteiger partial charge in [0.1, 0.15) is 0 Å². The number of nitrogens with zero attached hydrogens (tertiary/aromatic N) is 3. The summed E-state index contributed by atoms with van der Waals surface area (Å²) in [5.74, 6) is -0.968. The van der Waals surface area contributed by atoms with E-state index in [2.05, 4.69) is 26.2 Å². The number of carbonyl (C=O) groups excluding carboxylic acids is 1. The zero-order chi connectivity index (χ0) is 21.3. The second-order valence-electron chi connectivity index (χ2n) is 7.54. The normalized spacial score (nSPS) is 18.3. The van der Waals surface area contributed by atoms with Gasteiger partial charge in [-0.25, -0.2) is 9.78 Å². The molecule has 0 saturated carbocycles. The quantitative estimate of drug-likeness (QED) is 0.651. The number of aromatic nitrogens is 2. The molecule has 2 aromatic rings. The highest BCUT2D eigenvalue weighted by Gasteiger charge is 2.33. The topological polar surface area (TPSA) is 87.5 Å². The lowest BCUT2D eigenvalue weighted by Gasteiger charge is -2.34. The molecule has 0 spiro atoms. The van der Waals surface area contributed by atoms with Crippen molar-refractivity contribution in [2.45, 2.75) is 44.8 Å². The highest BCUT2D eigenvalue weighted by atomic mass is 79.9. The Kier molecular flexibility index (Phi) is 6.65. The van der Waals surface area contributed by atoms with E-state index in [9.17, 15) is 14.7 Å². The Hall–Kier alpha value is -1.90. The standard InChI is InChI=1S/C20H24BrClN4O3/c1-11(2)26-18(17(19(28)29)24-20(26)21)16(12-4-6-13(22)7-5-12)23-14-8-9-15(27)25(3)10-14/h4-7,11,14,16,23H,8-10H2,1-3H3,(H,28,29). The molecule has 9 heteroatoms. The number of halogens is 2. The number of carboxylic acid groups (broad SMARTS) is 1. The summed E-state index contributed by atoms with van der Waals surface area (Å²) in [6.45, 7) is 4.52. The summed E-state index contributed by atoms with van der Waals surface area (Å²) >= 11 is 9.49. The Balaban J connectivity index is 2.10. The van der Waals surface area contributed by atoms with Crippen LogP contribution >= 0.6 is 27.5 Å². The van der Waals surface area contributed by atoms with Gasteiger partial charge in [-0.05, 0) is 53.9 Å². The summed E-state index contributed by atoms with van der Waals surface area (Å²) in [4.78, 5) is 29.8. The van der Waals surface area contributed by atoms with Crippen molar-refractivity contribution in [2.75, 3.05) is 13.6 Å². The molecule has 1 aromatic heterocycles. The molecule has 1 aliphatic rings. The van der Waals surface area contributed by atoms with Gasteiger partial charge in [-0.3, -0.25) is 4.79 Å². The third kappa shape index (κ3) is 4.65. The maximum atomic E-state index is 12.0. The first kappa shape index (κ1) is 21.8. The average molecular weight is 484 g/mol. The molecule has 2 heterocycles. The zero-order valence-electron chi connectivity index (χ0n) is 16.5. The van der Waals surface area contributed by atoms with Gasteiger partial charge in [0, 0.05) is 37.1 Å². The fraction of sp³-hybridized carbons (Fsp3) is 0.450. The number of likely N-dealkylation sites (tertiary alicyclic amines) is 1. The number of piperidine rings is 1. The van der Waals surface area contributed by atoms with Crippen LogP contribution in [0.1, 0.15) is 60.5 Å². The minimum Gasteiger partial charge on any atom is -0.476 e. The van der Waals surface area contributed by atoms with Gasteiger partial charge in [0.25, 0.3) is 0 Å².